The average Bonchev–Trinajstić information content (AvgIpc) is 3.22. The zero-order valence-electron chi connectivity index (χ0n) is 21.1. The van der Waals surface area contributed by atoms with Crippen LogP contribution in [-0.4, -0.2) is 17.8 Å². The van der Waals surface area contributed by atoms with E-state index in [0.29, 0.717) is 0 Å². The van der Waals surface area contributed by atoms with Gasteiger partial charge in [0.2, 0.25) is 11.2 Å². The van der Waals surface area contributed by atoms with Crippen molar-refractivity contribution in [3.05, 3.63) is 129 Å². The number of carbonyl (C=O) groups excluding carboxylic acids is 3. The Balaban J connectivity index is 1.29. The summed E-state index contributed by atoms with van der Waals surface area (Å²) in [6, 6.07) is 20.9. The summed E-state index contributed by atoms with van der Waals surface area (Å²) in [6.45, 7) is 0. The quantitative estimate of drug-likeness (QED) is 0.126. The van der Waals surface area contributed by atoms with Gasteiger partial charge in [0.05, 0.1) is 33.3 Å². The van der Waals surface area contributed by atoms with Crippen molar-refractivity contribution < 1.29 is 36.7 Å². The van der Waals surface area contributed by atoms with Crippen molar-refractivity contribution in [1.82, 2.24) is 0 Å². The van der Waals surface area contributed by atoms with Gasteiger partial charge >= 0.3 is 12.1 Å². The Morgan fingerprint density at radius 1 is 0.786 bits per heavy atom. The maximum absolute atomic E-state index is 14.0. The van der Waals surface area contributed by atoms with Crippen LogP contribution in [0.4, 0.5) is 18.9 Å². The SMILES string of the molecule is O=C(Oc1ccc2c(=O)c(-c3ccccc3Cl)c(C(F)(F)F)oc2c1)c1ccc(N2C(=O)c3ccccc3C2=O)cc1. The Bertz CT molecular complexity index is 1960. The molecule has 1 aliphatic rings. The van der Waals surface area contributed by atoms with Gasteiger partial charge in [-0.05, 0) is 54.6 Å². The van der Waals surface area contributed by atoms with E-state index in [0.717, 1.165) is 11.0 Å². The second-order valence-corrected chi connectivity index (χ2v) is 9.61. The van der Waals surface area contributed by atoms with Gasteiger partial charge in [-0.3, -0.25) is 14.4 Å². The molecule has 0 atom stereocenters. The minimum absolute atomic E-state index is 0.0296. The molecular formula is C31H15ClF3NO6. The normalized spacial score (nSPS) is 13.0. The number of ether oxygens (including phenoxy) is 1. The van der Waals surface area contributed by atoms with Crippen LogP contribution in [0.1, 0.15) is 36.8 Å². The van der Waals surface area contributed by atoms with Crippen molar-refractivity contribution >= 4 is 46.0 Å². The Morgan fingerprint density at radius 3 is 1.98 bits per heavy atom. The fourth-order valence-electron chi connectivity index (χ4n) is 4.68. The molecule has 0 N–H and O–H groups in total. The molecule has 0 saturated carbocycles. The summed E-state index contributed by atoms with van der Waals surface area (Å²) in [6.07, 6.45) is -5.03. The summed E-state index contributed by atoms with van der Waals surface area (Å²) in [5.74, 6) is -3.60. The molecule has 6 rings (SSSR count). The van der Waals surface area contributed by atoms with Crippen LogP contribution in [0.25, 0.3) is 22.1 Å². The lowest BCUT2D eigenvalue weighted by molar-refractivity contribution is -0.152. The fourth-order valence-corrected chi connectivity index (χ4v) is 4.91. The molecule has 11 heteroatoms. The topological polar surface area (TPSA) is 93.9 Å². The van der Waals surface area contributed by atoms with E-state index in [2.05, 4.69) is 0 Å². The minimum Gasteiger partial charge on any atom is -0.450 e. The second kappa shape index (κ2) is 10.0. The number of esters is 1. The monoisotopic (exact) mass is 589 g/mol. The van der Waals surface area contributed by atoms with E-state index in [1.165, 1.54) is 60.7 Å². The highest BCUT2D eigenvalue weighted by molar-refractivity contribution is 6.34. The molecule has 0 bridgehead atoms. The first-order valence-corrected chi connectivity index (χ1v) is 12.7. The van der Waals surface area contributed by atoms with Gasteiger partial charge in [0.15, 0.2) is 0 Å². The van der Waals surface area contributed by atoms with Crippen LogP contribution >= 0.6 is 11.6 Å². The Morgan fingerprint density at radius 2 is 1.38 bits per heavy atom. The van der Waals surface area contributed by atoms with E-state index in [9.17, 15) is 32.3 Å². The third-order valence-corrected chi connectivity index (χ3v) is 6.96. The van der Waals surface area contributed by atoms with Gasteiger partial charge in [-0.25, -0.2) is 9.69 Å². The highest BCUT2D eigenvalue weighted by Crippen LogP contribution is 2.40. The molecular weight excluding hydrogens is 575 g/mol. The third kappa shape index (κ3) is 4.51. The second-order valence-electron chi connectivity index (χ2n) is 9.20. The van der Waals surface area contributed by atoms with E-state index in [1.807, 2.05) is 0 Å². The summed E-state index contributed by atoms with van der Waals surface area (Å²) >= 11 is 6.09. The fraction of sp³-hybridized carbons (Fsp3) is 0.0323. The van der Waals surface area contributed by atoms with Crippen LogP contribution in [0.15, 0.2) is 100 Å². The van der Waals surface area contributed by atoms with Gasteiger partial charge < -0.3 is 9.15 Å². The molecule has 1 aromatic heterocycles. The van der Waals surface area contributed by atoms with Crippen LogP contribution in [0.3, 0.4) is 0 Å². The first-order chi connectivity index (χ1) is 20.0. The van der Waals surface area contributed by atoms with Gasteiger partial charge in [0, 0.05) is 16.7 Å². The minimum atomic E-state index is -5.03. The van der Waals surface area contributed by atoms with Gasteiger partial charge in [-0.2, -0.15) is 13.2 Å². The smallest absolute Gasteiger partial charge is 0.450 e. The standard InChI is InChI=1S/C31H15ClF3NO6/c32-23-8-4-3-7-21(23)25-26(37)22-14-13-18(15-24(22)42-27(25)31(33,34)35)41-30(40)16-9-11-17(12-10-16)36-28(38)19-5-1-2-6-20(19)29(36)39/h1-15H. The number of benzene rings is 4. The van der Waals surface area contributed by atoms with Crippen molar-refractivity contribution in [2.45, 2.75) is 6.18 Å². The summed E-state index contributed by atoms with van der Waals surface area (Å²) in [4.78, 5) is 52.4. The average molecular weight is 590 g/mol. The number of carbonyl (C=O) groups is 3. The molecule has 2 amide bonds. The zero-order chi connectivity index (χ0) is 29.8. The number of imide groups is 1. The van der Waals surface area contributed by atoms with E-state index < -0.39 is 46.3 Å². The predicted octanol–water partition coefficient (Wildman–Crippen LogP) is 7.15. The summed E-state index contributed by atoms with van der Waals surface area (Å²) < 4.78 is 52.4. The van der Waals surface area contributed by atoms with E-state index in [-0.39, 0.29) is 44.1 Å². The van der Waals surface area contributed by atoms with Crippen LogP contribution in [0.2, 0.25) is 5.02 Å². The number of alkyl halides is 3. The zero-order valence-corrected chi connectivity index (χ0v) is 21.8. The maximum Gasteiger partial charge on any atom is 0.450 e. The first kappa shape index (κ1) is 27.0. The van der Waals surface area contributed by atoms with Crippen molar-refractivity contribution in [1.29, 1.82) is 0 Å². The molecule has 1 aliphatic heterocycles. The number of hydrogen-bond donors (Lipinski definition) is 0. The Labute approximate surface area is 239 Å². The molecule has 0 fully saturated rings. The van der Waals surface area contributed by atoms with Crippen LogP contribution in [0.5, 0.6) is 5.75 Å². The summed E-state index contributed by atoms with van der Waals surface area (Å²) in [5.41, 5.74) is -1.48. The molecule has 4 aromatic carbocycles. The maximum atomic E-state index is 14.0. The van der Waals surface area contributed by atoms with Crippen molar-refractivity contribution in [3.8, 4) is 16.9 Å². The molecule has 0 aliphatic carbocycles. The highest BCUT2D eigenvalue weighted by Gasteiger charge is 2.40. The van der Waals surface area contributed by atoms with Crippen molar-refractivity contribution in [2.24, 2.45) is 0 Å². The van der Waals surface area contributed by atoms with Gasteiger partial charge in [0.1, 0.15) is 11.3 Å². The molecule has 5 aromatic rings. The molecule has 208 valence electrons. The Hall–Kier alpha value is -5.22. The number of hydrogen-bond acceptors (Lipinski definition) is 6. The summed E-state index contributed by atoms with van der Waals surface area (Å²) in [7, 11) is 0. The van der Waals surface area contributed by atoms with Crippen LogP contribution < -0.4 is 15.1 Å². The van der Waals surface area contributed by atoms with Crippen molar-refractivity contribution in [3.63, 3.8) is 0 Å². The molecule has 0 radical (unpaired) electrons. The van der Waals surface area contributed by atoms with Gasteiger partial charge in [-0.15, -0.1) is 0 Å². The molecule has 0 unspecified atom stereocenters. The molecule has 0 spiro atoms. The summed E-state index contributed by atoms with van der Waals surface area (Å²) in [5, 5.41) is -0.239. The largest absolute Gasteiger partial charge is 0.450 e. The lowest BCUT2D eigenvalue weighted by Gasteiger charge is -2.15. The lowest BCUT2D eigenvalue weighted by Crippen LogP contribution is -2.29. The van der Waals surface area contributed by atoms with Crippen LogP contribution in [-0.2, 0) is 6.18 Å². The Kier molecular flexibility index (Phi) is 6.42. The number of amides is 2. The van der Waals surface area contributed by atoms with E-state index >= 15 is 0 Å². The molecule has 42 heavy (non-hydrogen) atoms. The predicted molar refractivity (Wildman–Crippen MR) is 147 cm³/mol. The molecule has 7 nitrogen and oxygen atoms in total. The van der Waals surface area contributed by atoms with Gasteiger partial charge in [-0.1, -0.05) is 41.9 Å². The lowest BCUT2D eigenvalue weighted by atomic mass is 10.0. The number of nitrogens with zero attached hydrogens (tertiary/aromatic N) is 1. The number of anilines is 1. The van der Waals surface area contributed by atoms with Gasteiger partial charge in [0.25, 0.3) is 11.8 Å². The number of fused-ring (bicyclic) bond motifs is 2. The van der Waals surface area contributed by atoms with Crippen LogP contribution in [0, 0.1) is 0 Å². The van der Waals surface area contributed by atoms with E-state index in [1.54, 1.807) is 24.3 Å². The van der Waals surface area contributed by atoms with E-state index in [4.69, 9.17) is 20.8 Å². The van der Waals surface area contributed by atoms with Crippen molar-refractivity contribution in [2.75, 3.05) is 4.90 Å². The molecule has 2 heterocycles. The number of halogens is 4. The number of rotatable bonds is 4. The first-order valence-electron chi connectivity index (χ1n) is 12.3. The third-order valence-electron chi connectivity index (χ3n) is 6.63. The molecule has 0 saturated heterocycles. The highest BCUT2D eigenvalue weighted by atomic mass is 35.5.